The molecule has 0 spiro atoms. The molecular formula is C21H25N3O5S. The monoisotopic (exact) mass is 431 g/mol. The molecule has 8 nitrogen and oxygen atoms in total. The number of carboxylic acids is 1. The van der Waals surface area contributed by atoms with Crippen molar-refractivity contribution in [3.63, 3.8) is 0 Å². The highest BCUT2D eigenvalue weighted by atomic mass is 32.1. The molecular weight excluding hydrogens is 406 g/mol. The second kappa shape index (κ2) is 11.2. The molecule has 30 heavy (non-hydrogen) atoms. The quantitative estimate of drug-likeness (QED) is 0.302. The lowest BCUT2D eigenvalue weighted by atomic mass is 10.0. The van der Waals surface area contributed by atoms with Gasteiger partial charge in [0.15, 0.2) is 0 Å². The molecule has 0 fully saturated rings. The molecule has 160 valence electrons. The van der Waals surface area contributed by atoms with Crippen molar-refractivity contribution in [1.82, 2.24) is 10.6 Å². The van der Waals surface area contributed by atoms with Crippen LogP contribution in [0.3, 0.4) is 0 Å². The fraction of sp³-hybridized carbons (Fsp3) is 0.286. The number of carboxylic acid groups (broad SMARTS) is 1. The van der Waals surface area contributed by atoms with Gasteiger partial charge in [0.05, 0.1) is 6.04 Å². The van der Waals surface area contributed by atoms with Crippen molar-refractivity contribution < 1.29 is 24.6 Å². The van der Waals surface area contributed by atoms with E-state index in [1.807, 2.05) is 6.07 Å². The highest BCUT2D eigenvalue weighted by Crippen LogP contribution is 2.12. The first-order chi connectivity index (χ1) is 14.3. The molecule has 0 bridgehead atoms. The van der Waals surface area contributed by atoms with Crippen molar-refractivity contribution in [1.29, 1.82) is 0 Å². The smallest absolute Gasteiger partial charge is 0.326 e. The Bertz CT molecular complexity index is 861. The van der Waals surface area contributed by atoms with E-state index in [0.29, 0.717) is 5.56 Å². The van der Waals surface area contributed by atoms with E-state index in [9.17, 15) is 24.6 Å². The summed E-state index contributed by atoms with van der Waals surface area (Å²) < 4.78 is 0. The largest absolute Gasteiger partial charge is 0.508 e. The number of aromatic hydroxyl groups is 1. The predicted octanol–water partition coefficient (Wildman–Crippen LogP) is 0.489. The number of phenols is 1. The number of phenolic OH excluding ortho intramolecular Hbond substituents is 1. The summed E-state index contributed by atoms with van der Waals surface area (Å²) in [7, 11) is 0. The SMILES string of the molecule is NC(CS)C(=O)NC(Cc1ccccc1)C(=O)NC(Cc1ccc(O)cc1)C(=O)O. The van der Waals surface area contributed by atoms with E-state index >= 15 is 0 Å². The Kier molecular flexibility index (Phi) is 8.70. The molecule has 2 rings (SSSR count). The first kappa shape index (κ1) is 23.2. The molecule has 0 saturated heterocycles. The lowest BCUT2D eigenvalue weighted by Crippen LogP contribution is -2.55. The maximum absolute atomic E-state index is 12.9. The average molecular weight is 432 g/mol. The van der Waals surface area contributed by atoms with Crippen LogP contribution in [0.1, 0.15) is 11.1 Å². The van der Waals surface area contributed by atoms with E-state index < -0.39 is 35.9 Å². The Labute approximate surface area is 179 Å². The van der Waals surface area contributed by atoms with Crippen LogP contribution in [0.5, 0.6) is 5.75 Å². The standard InChI is InChI=1S/C21H25N3O5S/c22-16(12-30)19(26)23-17(10-13-4-2-1-3-5-13)20(27)24-18(21(28)29)11-14-6-8-15(25)9-7-14/h1-9,16-18,25,30H,10-12,22H2,(H,23,26)(H,24,27)(H,28,29). The lowest BCUT2D eigenvalue weighted by Gasteiger charge is -2.23. The summed E-state index contributed by atoms with van der Waals surface area (Å²) >= 11 is 3.99. The molecule has 0 radical (unpaired) electrons. The third kappa shape index (κ3) is 7.09. The van der Waals surface area contributed by atoms with E-state index in [1.54, 1.807) is 36.4 Å². The first-order valence-corrected chi connectivity index (χ1v) is 9.95. The van der Waals surface area contributed by atoms with E-state index in [2.05, 4.69) is 23.3 Å². The summed E-state index contributed by atoms with van der Waals surface area (Å²) in [6.07, 6.45) is 0.187. The van der Waals surface area contributed by atoms with Gasteiger partial charge in [-0.25, -0.2) is 4.79 Å². The summed E-state index contributed by atoms with van der Waals surface area (Å²) in [6.45, 7) is 0. The molecule has 3 unspecified atom stereocenters. The number of carbonyl (C=O) groups is 3. The lowest BCUT2D eigenvalue weighted by molar-refractivity contribution is -0.142. The van der Waals surface area contributed by atoms with Crippen LogP contribution < -0.4 is 16.4 Å². The number of thiol groups is 1. The number of rotatable bonds is 10. The van der Waals surface area contributed by atoms with Crippen molar-refractivity contribution in [3.05, 3.63) is 65.7 Å². The summed E-state index contributed by atoms with van der Waals surface area (Å²) in [6, 6.07) is 11.9. The van der Waals surface area contributed by atoms with Gasteiger partial charge in [-0.1, -0.05) is 42.5 Å². The van der Waals surface area contributed by atoms with Gasteiger partial charge in [-0.05, 0) is 23.3 Å². The summed E-state index contributed by atoms with van der Waals surface area (Å²) in [5, 5.41) is 24.0. The van der Waals surface area contributed by atoms with Crippen molar-refractivity contribution >= 4 is 30.4 Å². The second-order valence-corrected chi connectivity index (χ2v) is 7.18. The minimum atomic E-state index is -1.21. The molecule has 0 aromatic heterocycles. The third-order valence-corrected chi connectivity index (χ3v) is 4.83. The number of carbonyl (C=O) groups excluding carboxylic acids is 2. The third-order valence-electron chi connectivity index (χ3n) is 4.44. The van der Waals surface area contributed by atoms with Gasteiger partial charge in [-0.2, -0.15) is 12.6 Å². The molecule has 0 aliphatic carbocycles. The highest BCUT2D eigenvalue weighted by Gasteiger charge is 2.28. The van der Waals surface area contributed by atoms with Gasteiger partial charge in [-0.15, -0.1) is 0 Å². The van der Waals surface area contributed by atoms with E-state index in [1.165, 1.54) is 12.1 Å². The van der Waals surface area contributed by atoms with Crippen molar-refractivity contribution in [2.75, 3.05) is 5.75 Å². The minimum absolute atomic E-state index is 0.0174. The number of amides is 2. The molecule has 0 saturated carbocycles. The molecule has 9 heteroatoms. The fourth-order valence-corrected chi connectivity index (χ4v) is 2.93. The fourth-order valence-electron chi connectivity index (χ4n) is 2.76. The topological polar surface area (TPSA) is 142 Å². The number of nitrogens with two attached hydrogens (primary N) is 1. The van der Waals surface area contributed by atoms with Gasteiger partial charge in [0.25, 0.3) is 0 Å². The van der Waals surface area contributed by atoms with Crippen LogP contribution in [0.15, 0.2) is 54.6 Å². The molecule has 0 heterocycles. The van der Waals surface area contributed by atoms with Crippen molar-refractivity contribution in [2.45, 2.75) is 31.0 Å². The zero-order valence-corrected chi connectivity index (χ0v) is 17.1. The maximum Gasteiger partial charge on any atom is 0.326 e. The van der Waals surface area contributed by atoms with Crippen LogP contribution in [0, 0.1) is 0 Å². The Balaban J connectivity index is 2.15. The normalized spacial score (nSPS) is 13.7. The van der Waals surface area contributed by atoms with Crippen molar-refractivity contribution in [2.24, 2.45) is 5.73 Å². The second-order valence-electron chi connectivity index (χ2n) is 6.81. The highest BCUT2D eigenvalue weighted by molar-refractivity contribution is 7.80. The van der Waals surface area contributed by atoms with Gasteiger partial charge >= 0.3 is 5.97 Å². The van der Waals surface area contributed by atoms with Crippen LogP contribution in [0.4, 0.5) is 0 Å². The van der Waals surface area contributed by atoms with Crippen LogP contribution in [-0.2, 0) is 27.2 Å². The van der Waals surface area contributed by atoms with Crippen LogP contribution in [0.25, 0.3) is 0 Å². The molecule has 3 atom stereocenters. The van der Waals surface area contributed by atoms with Crippen LogP contribution in [0.2, 0.25) is 0 Å². The zero-order valence-electron chi connectivity index (χ0n) is 16.2. The number of aliphatic carboxylic acids is 1. The van der Waals surface area contributed by atoms with Crippen LogP contribution in [-0.4, -0.2) is 51.9 Å². The van der Waals surface area contributed by atoms with Crippen LogP contribution >= 0.6 is 12.6 Å². The summed E-state index contributed by atoms with van der Waals surface area (Å²) in [5.41, 5.74) is 7.11. The van der Waals surface area contributed by atoms with Gasteiger partial charge in [0.2, 0.25) is 11.8 Å². The summed E-state index contributed by atoms with van der Waals surface area (Å²) in [5.74, 6) is -2.24. The van der Waals surface area contributed by atoms with Gasteiger partial charge in [-0.3, -0.25) is 9.59 Å². The summed E-state index contributed by atoms with van der Waals surface area (Å²) in [4.78, 5) is 36.8. The van der Waals surface area contributed by atoms with Gasteiger partial charge in [0, 0.05) is 18.6 Å². The predicted molar refractivity (Wildman–Crippen MR) is 115 cm³/mol. The number of nitrogens with one attached hydrogen (secondary N) is 2. The molecule has 2 aromatic carbocycles. The number of benzene rings is 2. The van der Waals surface area contributed by atoms with Crippen molar-refractivity contribution in [3.8, 4) is 5.75 Å². The van der Waals surface area contributed by atoms with Gasteiger partial charge in [0.1, 0.15) is 17.8 Å². The van der Waals surface area contributed by atoms with Gasteiger partial charge < -0.3 is 26.6 Å². The average Bonchev–Trinajstić information content (AvgIpc) is 2.74. The van der Waals surface area contributed by atoms with E-state index in [4.69, 9.17) is 5.73 Å². The number of hydrogen-bond donors (Lipinski definition) is 6. The molecule has 0 aliphatic heterocycles. The minimum Gasteiger partial charge on any atom is -0.508 e. The van der Waals surface area contributed by atoms with E-state index in [-0.39, 0.29) is 24.3 Å². The van der Waals surface area contributed by atoms with E-state index in [0.717, 1.165) is 5.56 Å². The Morgan fingerprint density at radius 3 is 1.97 bits per heavy atom. The Hall–Kier alpha value is -3.04. The molecule has 2 amide bonds. The molecule has 0 aliphatic rings. The molecule has 6 N–H and O–H groups in total. The Morgan fingerprint density at radius 2 is 1.40 bits per heavy atom. The molecule has 2 aromatic rings. The first-order valence-electron chi connectivity index (χ1n) is 9.32. The Morgan fingerprint density at radius 1 is 0.867 bits per heavy atom. The zero-order chi connectivity index (χ0) is 22.1. The number of hydrogen-bond acceptors (Lipinski definition) is 6. The maximum atomic E-state index is 12.9.